The van der Waals surface area contributed by atoms with Crippen LogP contribution in [-0.4, -0.2) is 3.21 Å². The minimum absolute atomic E-state index is 0. The van der Waals surface area contributed by atoms with Gasteiger partial charge in [-0.05, 0) is 10.8 Å². The Balaban J connectivity index is 0.000000350. The van der Waals surface area contributed by atoms with Crippen molar-refractivity contribution in [2.24, 2.45) is 5.92 Å². The van der Waals surface area contributed by atoms with Crippen LogP contribution < -0.4 is 24.8 Å². The molecule has 0 radical (unpaired) electrons. The van der Waals surface area contributed by atoms with Gasteiger partial charge in [0.1, 0.15) is 0 Å². The second kappa shape index (κ2) is 15.0. The van der Waals surface area contributed by atoms with Gasteiger partial charge in [0, 0.05) is 0 Å². The normalized spacial score (nSPS) is 14.6. The quantitative estimate of drug-likeness (QED) is 0.268. The van der Waals surface area contributed by atoms with E-state index in [1.54, 1.807) is 0 Å². The molecule has 0 aromatic heterocycles. The first-order chi connectivity index (χ1) is 17.7. The van der Waals surface area contributed by atoms with Crippen LogP contribution in [-0.2, 0) is 35.1 Å². The Kier molecular flexibility index (Phi) is 13.6. The largest absolute Gasteiger partial charge is 1.00 e. The number of halogens is 2. The minimum atomic E-state index is 0. The van der Waals surface area contributed by atoms with E-state index in [4.69, 9.17) is 0 Å². The van der Waals surface area contributed by atoms with E-state index in [-0.39, 0.29) is 35.6 Å². The summed E-state index contributed by atoms with van der Waals surface area (Å²) in [4.78, 5) is 0. The van der Waals surface area contributed by atoms with Crippen LogP contribution in [0.2, 0.25) is 0 Å². The van der Waals surface area contributed by atoms with E-state index in [9.17, 15) is 0 Å². The van der Waals surface area contributed by atoms with E-state index in [1.807, 2.05) is 6.07 Å². The SMILES string of the molecule is CC(C)(C)c1ccc2[cH-]c3ccc(C(C)(C)C)cc3c2c1.CC1=[C-]C(C)C=C1C.C[C](=[Zr+2])c1ccccc1.[Cl-].[Cl-]. The minimum Gasteiger partial charge on any atom is -1.00 e. The summed E-state index contributed by atoms with van der Waals surface area (Å²) in [5, 5.41) is 5.49. The van der Waals surface area contributed by atoms with Crippen molar-refractivity contribution >= 4 is 24.8 Å². The molecule has 4 aromatic carbocycles. The van der Waals surface area contributed by atoms with Crippen molar-refractivity contribution in [2.45, 2.75) is 80.1 Å². The van der Waals surface area contributed by atoms with Gasteiger partial charge in [-0.1, -0.05) is 96.7 Å². The molecule has 1 aliphatic carbocycles. The van der Waals surface area contributed by atoms with Gasteiger partial charge in [0.25, 0.3) is 0 Å². The first-order valence-corrected chi connectivity index (χ1v) is 14.9. The molecule has 0 spiro atoms. The van der Waals surface area contributed by atoms with E-state index < -0.39 is 0 Å². The van der Waals surface area contributed by atoms with Crippen molar-refractivity contribution in [3.05, 3.63) is 113 Å². The van der Waals surface area contributed by atoms with E-state index in [0.717, 1.165) is 0 Å². The molecule has 0 bridgehead atoms. The van der Waals surface area contributed by atoms with Crippen LogP contribution in [0, 0.1) is 12.0 Å². The fraction of sp³-hybridized carbons (Fsp3) is 0.351. The Morgan fingerprint density at radius 3 is 1.48 bits per heavy atom. The first-order valence-electron chi connectivity index (χ1n) is 13.7. The predicted octanol–water partition coefficient (Wildman–Crippen LogP) is 4.42. The molecule has 0 heterocycles. The molecular weight excluding hydrogens is 607 g/mol. The van der Waals surface area contributed by atoms with Crippen molar-refractivity contribution in [3.63, 3.8) is 0 Å². The van der Waals surface area contributed by atoms with Crippen LogP contribution in [0.4, 0.5) is 0 Å². The van der Waals surface area contributed by atoms with Crippen LogP contribution >= 0.6 is 0 Å². The average molecular weight is 651 g/mol. The third-order valence-electron chi connectivity index (χ3n) is 7.18. The molecule has 0 N–H and O–H groups in total. The van der Waals surface area contributed by atoms with E-state index in [1.165, 1.54) is 76.8 Å². The maximum atomic E-state index is 3.29. The van der Waals surface area contributed by atoms with Gasteiger partial charge in [-0.2, -0.15) is 6.08 Å². The number of benzene rings is 3. The summed E-state index contributed by atoms with van der Waals surface area (Å²) in [6.07, 6.45) is 5.52. The molecule has 3 heteroatoms. The second-order valence-corrected chi connectivity index (χ2v) is 14.5. The van der Waals surface area contributed by atoms with Gasteiger partial charge < -0.3 is 24.8 Å². The summed E-state index contributed by atoms with van der Waals surface area (Å²) < 4.78 is 1.46. The number of allylic oxidation sites excluding steroid dienone is 4. The molecule has 0 amide bonds. The Morgan fingerprint density at radius 1 is 0.750 bits per heavy atom. The van der Waals surface area contributed by atoms with E-state index >= 15 is 0 Å². The van der Waals surface area contributed by atoms with Gasteiger partial charge in [0.05, 0.1) is 0 Å². The van der Waals surface area contributed by atoms with Crippen LogP contribution in [0.1, 0.15) is 85.9 Å². The van der Waals surface area contributed by atoms with Gasteiger partial charge in [0.15, 0.2) is 0 Å². The summed E-state index contributed by atoms with van der Waals surface area (Å²) in [7, 11) is 0. The van der Waals surface area contributed by atoms with Crippen molar-refractivity contribution < 1.29 is 49.0 Å². The van der Waals surface area contributed by atoms with Gasteiger partial charge >= 0.3 is 70.3 Å². The summed E-state index contributed by atoms with van der Waals surface area (Å²) in [5.41, 5.74) is 7.27. The molecule has 0 fully saturated rings. The number of hydrogen-bond donors (Lipinski definition) is 0. The van der Waals surface area contributed by atoms with Crippen molar-refractivity contribution in [3.8, 4) is 0 Å². The average Bonchev–Trinajstić information content (AvgIpc) is 3.35. The molecule has 1 unspecified atom stereocenters. The molecule has 1 aliphatic rings. The Bertz CT molecular complexity index is 1390. The smallest absolute Gasteiger partial charge is 1.00 e. The molecule has 1 atom stereocenters. The number of fused-ring (bicyclic) bond motifs is 3. The molecule has 212 valence electrons. The van der Waals surface area contributed by atoms with Crippen molar-refractivity contribution in [1.82, 2.24) is 0 Å². The third-order valence-corrected chi connectivity index (χ3v) is 7.89. The molecule has 0 aliphatic heterocycles. The molecule has 0 saturated heterocycles. The zero-order valence-corrected chi connectivity index (χ0v) is 29.8. The topological polar surface area (TPSA) is 0 Å². The van der Waals surface area contributed by atoms with Gasteiger partial charge in [-0.15, -0.1) is 46.7 Å². The van der Waals surface area contributed by atoms with Gasteiger partial charge in [0.2, 0.25) is 0 Å². The summed E-state index contributed by atoms with van der Waals surface area (Å²) in [6, 6.07) is 26.6. The van der Waals surface area contributed by atoms with Crippen LogP contribution in [0.3, 0.4) is 0 Å². The molecule has 0 nitrogen and oxygen atoms in total. The standard InChI is InChI=1S/C21H25.C8H11.C8H8.2ClH.Zr/c1-20(2,3)16-9-7-14-11-15-8-10-17(21(4,5)6)13-19(15)18(14)12-16;1-6-4-7(2)8(3)5-6;1-2-8-6-4-3-5-7-8;;;/h7-13H,1-6H3;4,6H,1-3H3;3-7H,1H3;2*1H;/q2*-1;;;;+2/p-2. The predicted molar refractivity (Wildman–Crippen MR) is 166 cm³/mol. The van der Waals surface area contributed by atoms with Crippen LogP contribution in [0.15, 0.2) is 90.0 Å². The van der Waals surface area contributed by atoms with Crippen LogP contribution in [0.5, 0.6) is 0 Å². The van der Waals surface area contributed by atoms with Crippen molar-refractivity contribution in [1.29, 1.82) is 0 Å². The second-order valence-electron chi connectivity index (χ2n) is 12.6. The van der Waals surface area contributed by atoms with Crippen LogP contribution in [0.25, 0.3) is 21.5 Å². The third kappa shape index (κ3) is 9.72. The fourth-order valence-electron chi connectivity index (χ4n) is 4.62. The summed E-state index contributed by atoms with van der Waals surface area (Å²) in [6.45, 7) is 22.2. The van der Waals surface area contributed by atoms with Crippen molar-refractivity contribution in [2.75, 3.05) is 0 Å². The van der Waals surface area contributed by atoms with Gasteiger partial charge in [-0.25, -0.2) is 11.1 Å². The zero-order chi connectivity index (χ0) is 28.3. The Morgan fingerprint density at radius 2 is 1.20 bits per heavy atom. The molecule has 4 aromatic rings. The monoisotopic (exact) mass is 648 g/mol. The zero-order valence-electron chi connectivity index (χ0n) is 25.8. The first kappa shape index (κ1) is 36.4. The summed E-state index contributed by atoms with van der Waals surface area (Å²) in [5.74, 6) is 0.551. The Hall–Kier alpha value is -1.66. The molecule has 0 saturated carbocycles. The molecular formula is C37H44Cl2Zr-2. The maximum Gasteiger partial charge on any atom is -1.00 e. The van der Waals surface area contributed by atoms with E-state index in [0.29, 0.717) is 5.92 Å². The molecule has 40 heavy (non-hydrogen) atoms. The molecule has 5 rings (SSSR count). The maximum absolute atomic E-state index is 3.29. The van der Waals surface area contributed by atoms with Gasteiger partial charge in [-0.3, -0.25) is 6.08 Å². The number of rotatable bonds is 1. The van der Waals surface area contributed by atoms with E-state index in [2.05, 4.69) is 148 Å². The Labute approximate surface area is 270 Å². The number of hydrogen-bond acceptors (Lipinski definition) is 0. The fourth-order valence-corrected chi connectivity index (χ4v) is 5.03. The summed E-state index contributed by atoms with van der Waals surface area (Å²) >= 11 is 1.51.